The van der Waals surface area contributed by atoms with Gasteiger partial charge in [0.1, 0.15) is 0 Å². The first-order valence-corrected chi connectivity index (χ1v) is 2.11. The molecular weight excluding hydrogens is 116 g/mol. The Morgan fingerprint density at radius 2 is 1.71 bits per heavy atom. The number of halogens is 1. The van der Waals surface area contributed by atoms with Crippen LogP contribution < -0.4 is 0 Å². The van der Waals surface area contributed by atoms with Crippen molar-refractivity contribution in [1.82, 2.24) is 0 Å². The van der Waals surface area contributed by atoms with Gasteiger partial charge >= 0.3 is 0 Å². The van der Waals surface area contributed by atoms with Gasteiger partial charge in [-0.1, -0.05) is 11.6 Å². The highest BCUT2D eigenvalue weighted by molar-refractivity contribution is 6.23. The molecule has 0 saturated carbocycles. The Kier molecular flexibility index (Phi) is 0.815. The van der Waals surface area contributed by atoms with Gasteiger partial charge in [0.05, 0.1) is 0 Å². The lowest BCUT2D eigenvalue weighted by atomic mass is 10.6. The monoisotopic (exact) mass is 118 g/mol. The highest BCUT2D eigenvalue weighted by atomic mass is 35.5. The Labute approximate surface area is 45.3 Å². The fraction of sp³-hybridized carbons (Fsp3) is 1.00. The van der Waals surface area contributed by atoms with Crippen LogP contribution in [0.5, 0.6) is 0 Å². The average molecular weight is 119 g/mol. The van der Waals surface area contributed by atoms with Crippen LogP contribution in [0, 0.1) is 0 Å². The summed E-state index contributed by atoms with van der Waals surface area (Å²) >= 11 is 5.45. The van der Waals surface area contributed by atoms with Crippen molar-refractivity contribution >= 4 is 11.6 Å². The molecule has 0 spiro atoms. The minimum absolute atomic E-state index is 0.917. The van der Waals surface area contributed by atoms with Gasteiger partial charge < -0.3 is 0 Å². The van der Waals surface area contributed by atoms with Gasteiger partial charge in [0, 0.05) is 0 Å². The van der Waals surface area contributed by atoms with Gasteiger partial charge in [-0.25, -0.2) is 0 Å². The second-order valence-corrected chi connectivity index (χ2v) is 2.00. The van der Waals surface area contributed by atoms with Gasteiger partial charge in [-0.05, 0) is 17.4 Å². The molecule has 1 aliphatic rings. The lowest BCUT2D eigenvalue weighted by Crippen LogP contribution is -2.01. The molecule has 0 atom stereocenters. The van der Waals surface area contributed by atoms with Crippen molar-refractivity contribution < 1.29 is 0 Å². The molecule has 0 aromatic heterocycles. The first-order chi connectivity index (χ1) is 3.21. The Hall–Kier alpha value is -0.510. The van der Waals surface area contributed by atoms with Crippen LogP contribution in [0.25, 0.3) is 0 Å². The quantitative estimate of drug-likeness (QED) is 0.344. The Balaban J connectivity index is 2.77. The number of hydrogen-bond donors (Lipinski definition) is 0. The molecule has 0 unspecified atom stereocenters. The zero-order chi connectivity index (χ0) is 5.33. The van der Waals surface area contributed by atoms with Gasteiger partial charge in [-0.15, -0.1) is 10.2 Å². The summed E-state index contributed by atoms with van der Waals surface area (Å²) in [6.07, 6.45) is 0. The normalized spacial score (nSPS) is 23.7. The summed E-state index contributed by atoms with van der Waals surface area (Å²) in [5, 5.41) is 12.3. The SMILES string of the molecule is CC1(Cl)N=NN=N1. The highest BCUT2D eigenvalue weighted by Gasteiger charge is 2.21. The molecule has 0 amide bonds. The van der Waals surface area contributed by atoms with Gasteiger partial charge in [-0.2, -0.15) is 0 Å². The molecule has 7 heavy (non-hydrogen) atoms. The zero-order valence-electron chi connectivity index (χ0n) is 3.67. The van der Waals surface area contributed by atoms with E-state index in [0.29, 0.717) is 0 Å². The molecule has 38 valence electrons. The molecular formula is C2H3ClN4. The summed E-state index contributed by atoms with van der Waals surface area (Å²) in [6, 6.07) is 0. The number of rotatable bonds is 0. The predicted molar refractivity (Wildman–Crippen MR) is 24.0 cm³/mol. The first-order valence-electron chi connectivity index (χ1n) is 1.74. The van der Waals surface area contributed by atoms with Gasteiger partial charge in [0.15, 0.2) is 0 Å². The van der Waals surface area contributed by atoms with E-state index in [0.717, 1.165) is 0 Å². The summed E-state index contributed by atoms with van der Waals surface area (Å²) in [4.78, 5) is 0. The second-order valence-electron chi connectivity index (χ2n) is 1.28. The van der Waals surface area contributed by atoms with Crippen LogP contribution in [0.3, 0.4) is 0 Å². The van der Waals surface area contributed by atoms with Crippen molar-refractivity contribution in [3.05, 3.63) is 0 Å². The fourth-order valence-electron chi connectivity index (χ4n) is 0.223. The summed E-state index contributed by atoms with van der Waals surface area (Å²) in [7, 11) is 0. The Morgan fingerprint density at radius 1 is 1.29 bits per heavy atom. The van der Waals surface area contributed by atoms with Crippen molar-refractivity contribution in [2.24, 2.45) is 20.7 Å². The van der Waals surface area contributed by atoms with Gasteiger partial charge in [-0.3, -0.25) is 0 Å². The molecule has 0 aliphatic carbocycles. The largest absolute Gasteiger partial charge is 0.264 e. The summed E-state index contributed by atoms with van der Waals surface area (Å²) < 4.78 is 0. The molecule has 1 rings (SSSR count). The van der Waals surface area contributed by atoms with E-state index in [1.54, 1.807) is 6.92 Å². The van der Waals surface area contributed by atoms with Gasteiger partial charge in [0.25, 0.3) is 5.12 Å². The molecule has 0 aromatic rings. The second kappa shape index (κ2) is 1.23. The molecule has 5 heteroatoms. The smallest absolute Gasteiger partial charge is 0.118 e. The lowest BCUT2D eigenvalue weighted by molar-refractivity contribution is 0.696. The molecule has 0 fully saturated rings. The minimum Gasteiger partial charge on any atom is -0.118 e. The topological polar surface area (TPSA) is 49.4 Å². The maximum absolute atomic E-state index is 5.45. The fourth-order valence-corrected chi connectivity index (χ4v) is 0.291. The molecule has 1 heterocycles. The van der Waals surface area contributed by atoms with E-state index < -0.39 is 5.12 Å². The molecule has 4 nitrogen and oxygen atoms in total. The van der Waals surface area contributed by atoms with E-state index >= 15 is 0 Å². The van der Waals surface area contributed by atoms with Gasteiger partial charge in [0.2, 0.25) is 0 Å². The standard InChI is InChI=1S/C2H3ClN4/c1-2(3)4-6-7-5-2/h1H3. The molecule has 1 aliphatic heterocycles. The van der Waals surface area contributed by atoms with Crippen LogP contribution in [0.4, 0.5) is 0 Å². The van der Waals surface area contributed by atoms with Crippen molar-refractivity contribution in [3.63, 3.8) is 0 Å². The number of nitrogens with zero attached hydrogens (tertiary/aromatic N) is 4. The lowest BCUT2D eigenvalue weighted by Gasteiger charge is -1.96. The van der Waals surface area contributed by atoms with E-state index in [1.807, 2.05) is 0 Å². The highest BCUT2D eigenvalue weighted by Crippen LogP contribution is 2.22. The van der Waals surface area contributed by atoms with Crippen molar-refractivity contribution in [2.45, 2.75) is 12.0 Å². The first kappa shape index (κ1) is 4.64. The van der Waals surface area contributed by atoms with Crippen LogP contribution >= 0.6 is 11.6 Å². The van der Waals surface area contributed by atoms with E-state index in [9.17, 15) is 0 Å². The van der Waals surface area contributed by atoms with E-state index in [2.05, 4.69) is 20.7 Å². The van der Waals surface area contributed by atoms with Crippen LogP contribution in [0.15, 0.2) is 20.7 Å². The van der Waals surface area contributed by atoms with Crippen LogP contribution in [0.1, 0.15) is 6.92 Å². The van der Waals surface area contributed by atoms with E-state index in [4.69, 9.17) is 11.6 Å². The Bertz CT molecular complexity index is 112. The molecule has 0 radical (unpaired) electrons. The minimum atomic E-state index is -0.917. The van der Waals surface area contributed by atoms with E-state index in [-0.39, 0.29) is 0 Å². The summed E-state index contributed by atoms with van der Waals surface area (Å²) in [6.45, 7) is 1.61. The van der Waals surface area contributed by atoms with Crippen molar-refractivity contribution in [1.29, 1.82) is 0 Å². The maximum atomic E-state index is 5.45. The summed E-state index contributed by atoms with van der Waals surface area (Å²) in [5.41, 5.74) is 0. The molecule has 0 saturated heterocycles. The summed E-state index contributed by atoms with van der Waals surface area (Å²) in [5.74, 6) is 0. The maximum Gasteiger partial charge on any atom is 0.264 e. The zero-order valence-corrected chi connectivity index (χ0v) is 4.42. The third kappa shape index (κ3) is 0.928. The Morgan fingerprint density at radius 3 is 1.86 bits per heavy atom. The molecule has 0 N–H and O–H groups in total. The molecule has 0 aromatic carbocycles. The third-order valence-corrected chi connectivity index (χ3v) is 0.646. The van der Waals surface area contributed by atoms with Crippen molar-refractivity contribution in [3.8, 4) is 0 Å². The van der Waals surface area contributed by atoms with Crippen LogP contribution in [-0.2, 0) is 0 Å². The van der Waals surface area contributed by atoms with Crippen molar-refractivity contribution in [2.75, 3.05) is 0 Å². The number of hydrogen-bond acceptors (Lipinski definition) is 4. The van der Waals surface area contributed by atoms with E-state index in [1.165, 1.54) is 0 Å². The third-order valence-electron chi connectivity index (χ3n) is 0.494. The van der Waals surface area contributed by atoms with Crippen LogP contribution in [0.2, 0.25) is 0 Å². The number of alkyl halides is 1. The molecule has 0 bridgehead atoms. The van der Waals surface area contributed by atoms with Crippen LogP contribution in [-0.4, -0.2) is 5.12 Å². The average Bonchev–Trinajstić information content (AvgIpc) is 1.84. The predicted octanol–water partition coefficient (Wildman–Crippen LogP) is 1.73.